The van der Waals surface area contributed by atoms with E-state index in [4.69, 9.17) is 4.74 Å². The fourth-order valence-electron chi connectivity index (χ4n) is 2.41. The minimum atomic E-state index is -0.232. The van der Waals surface area contributed by atoms with Crippen LogP contribution in [0.15, 0.2) is 47.6 Å². The molecule has 0 saturated heterocycles. The van der Waals surface area contributed by atoms with E-state index >= 15 is 0 Å². The SMILES string of the molecule is CCOc1cc(C=NNC(=O)CCn2nnc3ccccc32)ccc1O. The number of phenolic OH excluding ortho intramolecular Hbond substituents is 1. The summed E-state index contributed by atoms with van der Waals surface area (Å²) in [6, 6.07) is 12.4. The summed E-state index contributed by atoms with van der Waals surface area (Å²) in [5.74, 6) is 0.207. The van der Waals surface area contributed by atoms with Crippen LogP contribution >= 0.6 is 0 Å². The molecule has 2 N–H and O–H groups in total. The summed E-state index contributed by atoms with van der Waals surface area (Å²) in [4.78, 5) is 11.9. The molecule has 26 heavy (non-hydrogen) atoms. The number of para-hydroxylation sites is 1. The summed E-state index contributed by atoms with van der Waals surface area (Å²) in [5, 5.41) is 21.7. The van der Waals surface area contributed by atoms with Crippen LogP contribution in [0.2, 0.25) is 0 Å². The zero-order valence-electron chi connectivity index (χ0n) is 14.3. The van der Waals surface area contributed by atoms with Crippen LogP contribution in [0.1, 0.15) is 18.9 Å². The number of aromatic hydroxyl groups is 1. The van der Waals surface area contributed by atoms with Crippen LogP contribution in [0, 0.1) is 0 Å². The molecule has 2 aromatic carbocycles. The van der Waals surface area contributed by atoms with E-state index in [1.165, 1.54) is 12.3 Å². The van der Waals surface area contributed by atoms with E-state index in [9.17, 15) is 9.90 Å². The lowest BCUT2D eigenvalue weighted by molar-refractivity contribution is -0.121. The molecule has 0 fully saturated rings. The van der Waals surface area contributed by atoms with Crippen LogP contribution in [-0.2, 0) is 11.3 Å². The molecular weight excluding hydrogens is 334 g/mol. The van der Waals surface area contributed by atoms with E-state index in [1.54, 1.807) is 16.8 Å². The summed E-state index contributed by atoms with van der Waals surface area (Å²) < 4.78 is 6.99. The van der Waals surface area contributed by atoms with Crippen molar-refractivity contribution < 1.29 is 14.6 Å². The first-order valence-electron chi connectivity index (χ1n) is 8.23. The van der Waals surface area contributed by atoms with E-state index < -0.39 is 0 Å². The van der Waals surface area contributed by atoms with Gasteiger partial charge in [0, 0.05) is 6.42 Å². The molecule has 0 aliphatic heterocycles. The minimum absolute atomic E-state index is 0.0631. The second-order valence-corrected chi connectivity index (χ2v) is 5.50. The van der Waals surface area contributed by atoms with Crippen LogP contribution < -0.4 is 10.2 Å². The van der Waals surface area contributed by atoms with Gasteiger partial charge in [0.2, 0.25) is 5.91 Å². The molecule has 1 aromatic heterocycles. The zero-order chi connectivity index (χ0) is 18.4. The molecule has 1 amide bonds. The van der Waals surface area contributed by atoms with E-state index in [-0.39, 0.29) is 18.1 Å². The van der Waals surface area contributed by atoms with Gasteiger partial charge in [-0.3, -0.25) is 4.79 Å². The first-order valence-corrected chi connectivity index (χ1v) is 8.23. The molecule has 0 bridgehead atoms. The summed E-state index contributed by atoms with van der Waals surface area (Å²) >= 11 is 0. The van der Waals surface area contributed by atoms with Crippen LogP contribution in [0.4, 0.5) is 0 Å². The maximum atomic E-state index is 11.9. The molecule has 1 heterocycles. The molecule has 0 radical (unpaired) electrons. The predicted molar refractivity (Wildman–Crippen MR) is 97.2 cm³/mol. The Labute approximate surface area is 150 Å². The van der Waals surface area contributed by atoms with Gasteiger partial charge in [0.1, 0.15) is 5.52 Å². The van der Waals surface area contributed by atoms with Gasteiger partial charge in [-0.25, -0.2) is 10.1 Å². The van der Waals surface area contributed by atoms with Crippen molar-refractivity contribution in [2.45, 2.75) is 19.9 Å². The van der Waals surface area contributed by atoms with Crippen LogP contribution in [0.25, 0.3) is 11.0 Å². The van der Waals surface area contributed by atoms with Crippen molar-refractivity contribution in [3.05, 3.63) is 48.0 Å². The Kier molecular flexibility index (Phi) is 5.43. The normalized spacial score (nSPS) is 11.1. The smallest absolute Gasteiger partial charge is 0.241 e. The summed E-state index contributed by atoms with van der Waals surface area (Å²) in [6.45, 7) is 2.69. The number of aryl methyl sites for hydroxylation is 1. The third-order valence-electron chi connectivity index (χ3n) is 3.66. The van der Waals surface area contributed by atoms with Crippen LogP contribution in [0.3, 0.4) is 0 Å². The van der Waals surface area contributed by atoms with E-state index in [2.05, 4.69) is 20.8 Å². The van der Waals surface area contributed by atoms with E-state index in [0.29, 0.717) is 24.5 Å². The highest BCUT2D eigenvalue weighted by Gasteiger charge is 2.06. The lowest BCUT2D eigenvalue weighted by atomic mass is 10.2. The number of rotatable bonds is 7. The highest BCUT2D eigenvalue weighted by Crippen LogP contribution is 2.26. The van der Waals surface area contributed by atoms with Gasteiger partial charge < -0.3 is 9.84 Å². The molecule has 8 heteroatoms. The number of fused-ring (bicyclic) bond motifs is 1. The molecule has 134 valence electrons. The first-order chi connectivity index (χ1) is 12.7. The Morgan fingerprint density at radius 3 is 3.04 bits per heavy atom. The highest BCUT2D eigenvalue weighted by atomic mass is 16.5. The lowest BCUT2D eigenvalue weighted by Gasteiger charge is -2.06. The van der Waals surface area contributed by atoms with Crippen molar-refractivity contribution in [3.63, 3.8) is 0 Å². The fourth-order valence-corrected chi connectivity index (χ4v) is 2.41. The molecule has 0 unspecified atom stereocenters. The number of ether oxygens (including phenoxy) is 1. The molecule has 0 spiro atoms. The molecular formula is C18H19N5O3. The van der Waals surface area contributed by atoms with Crippen molar-refractivity contribution in [1.29, 1.82) is 0 Å². The maximum absolute atomic E-state index is 11.9. The molecule has 0 atom stereocenters. The van der Waals surface area contributed by atoms with Crippen molar-refractivity contribution in [1.82, 2.24) is 20.4 Å². The lowest BCUT2D eigenvalue weighted by Crippen LogP contribution is -2.19. The summed E-state index contributed by atoms with van der Waals surface area (Å²) in [5.41, 5.74) is 4.86. The number of amides is 1. The Morgan fingerprint density at radius 1 is 1.35 bits per heavy atom. The van der Waals surface area contributed by atoms with Gasteiger partial charge in [-0.1, -0.05) is 17.3 Å². The number of hydrazone groups is 1. The zero-order valence-corrected chi connectivity index (χ0v) is 14.3. The number of nitrogens with zero attached hydrogens (tertiary/aromatic N) is 4. The van der Waals surface area contributed by atoms with Crippen molar-refractivity contribution in [2.24, 2.45) is 5.10 Å². The Bertz CT molecular complexity index is 935. The maximum Gasteiger partial charge on any atom is 0.241 e. The quantitative estimate of drug-likeness (QED) is 0.500. The van der Waals surface area contributed by atoms with Gasteiger partial charge in [0.05, 0.1) is 24.9 Å². The van der Waals surface area contributed by atoms with E-state index in [1.807, 2.05) is 31.2 Å². The van der Waals surface area contributed by atoms with Gasteiger partial charge in [-0.2, -0.15) is 5.10 Å². The average molecular weight is 353 g/mol. The second-order valence-electron chi connectivity index (χ2n) is 5.50. The average Bonchev–Trinajstić information content (AvgIpc) is 3.06. The number of nitrogens with one attached hydrogen (secondary N) is 1. The van der Waals surface area contributed by atoms with Gasteiger partial charge in [0.15, 0.2) is 11.5 Å². The largest absolute Gasteiger partial charge is 0.504 e. The summed E-state index contributed by atoms with van der Waals surface area (Å²) in [7, 11) is 0. The molecule has 0 saturated carbocycles. The second kappa shape index (κ2) is 8.11. The van der Waals surface area contributed by atoms with Crippen molar-refractivity contribution in [3.8, 4) is 11.5 Å². The number of carbonyl (C=O) groups is 1. The highest BCUT2D eigenvalue weighted by molar-refractivity contribution is 5.83. The predicted octanol–water partition coefficient (Wildman–Crippen LogP) is 2.08. The number of aromatic nitrogens is 3. The van der Waals surface area contributed by atoms with Gasteiger partial charge >= 0.3 is 0 Å². The molecule has 0 aliphatic rings. The third kappa shape index (κ3) is 4.15. The first kappa shape index (κ1) is 17.4. The fraction of sp³-hybridized carbons (Fsp3) is 0.222. The molecule has 0 aliphatic carbocycles. The Hall–Kier alpha value is -3.42. The van der Waals surface area contributed by atoms with Crippen LogP contribution in [0.5, 0.6) is 11.5 Å². The Balaban J connectivity index is 1.54. The Morgan fingerprint density at radius 2 is 2.19 bits per heavy atom. The number of benzene rings is 2. The van der Waals surface area contributed by atoms with Crippen LogP contribution in [-0.4, -0.2) is 38.8 Å². The number of hydrogen-bond acceptors (Lipinski definition) is 6. The van der Waals surface area contributed by atoms with Crippen molar-refractivity contribution >= 4 is 23.2 Å². The minimum Gasteiger partial charge on any atom is -0.504 e. The van der Waals surface area contributed by atoms with Crippen molar-refractivity contribution in [2.75, 3.05) is 6.61 Å². The van der Waals surface area contributed by atoms with E-state index in [0.717, 1.165) is 11.0 Å². The molecule has 3 aromatic rings. The summed E-state index contributed by atoms with van der Waals surface area (Å²) in [6.07, 6.45) is 1.72. The number of carbonyl (C=O) groups excluding carboxylic acids is 1. The molecule has 3 rings (SSSR count). The van der Waals surface area contributed by atoms with Gasteiger partial charge in [-0.05, 0) is 42.8 Å². The third-order valence-corrected chi connectivity index (χ3v) is 3.66. The van der Waals surface area contributed by atoms with Gasteiger partial charge in [0.25, 0.3) is 0 Å². The van der Waals surface area contributed by atoms with Gasteiger partial charge in [-0.15, -0.1) is 5.10 Å². The molecule has 8 nitrogen and oxygen atoms in total. The standard InChI is InChI=1S/C18H19N5O3/c1-2-26-17-11-13(7-8-16(17)24)12-19-21-18(25)9-10-23-15-6-4-3-5-14(15)20-22-23/h3-8,11-12,24H,2,9-10H2,1H3,(H,21,25). The topological polar surface area (TPSA) is 102 Å². The monoisotopic (exact) mass is 353 g/mol. The number of hydrogen-bond donors (Lipinski definition) is 2. The number of phenols is 1.